The first-order valence-electron chi connectivity index (χ1n) is 13.5. The Labute approximate surface area is 184 Å². The van der Waals surface area contributed by atoms with Gasteiger partial charge in [0.2, 0.25) is 5.91 Å². The molecule has 1 amide bonds. The number of amides is 1. The molecule has 0 aromatic rings. The van der Waals surface area contributed by atoms with Crippen molar-refractivity contribution < 1.29 is 4.79 Å². The van der Waals surface area contributed by atoms with E-state index in [-0.39, 0.29) is 0 Å². The number of nitrogens with zero attached hydrogens (tertiary/aromatic N) is 1. The van der Waals surface area contributed by atoms with Gasteiger partial charge in [-0.1, -0.05) is 136 Å². The minimum Gasteiger partial charge on any atom is -0.346 e. The number of rotatable bonds is 23. The summed E-state index contributed by atoms with van der Waals surface area (Å²) in [5.74, 6) is 0.358. The summed E-state index contributed by atoms with van der Waals surface area (Å²) in [4.78, 5) is 14.2. The van der Waals surface area contributed by atoms with Gasteiger partial charge in [-0.3, -0.25) is 4.79 Å². The molecule has 0 aliphatic rings. The zero-order chi connectivity index (χ0) is 21.4. The predicted molar refractivity (Wildman–Crippen MR) is 131 cm³/mol. The molecule has 0 aromatic carbocycles. The molecule has 0 rings (SSSR count). The first-order chi connectivity index (χ1) is 14.2. The Morgan fingerprint density at radius 2 is 0.793 bits per heavy atom. The molecule has 0 atom stereocenters. The van der Waals surface area contributed by atoms with E-state index in [2.05, 4.69) is 13.8 Å². The van der Waals surface area contributed by atoms with E-state index in [9.17, 15) is 4.79 Å². The van der Waals surface area contributed by atoms with Crippen LogP contribution in [0, 0.1) is 0 Å². The maximum absolute atomic E-state index is 12.2. The average Bonchev–Trinajstić information content (AvgIpc) is 2.73. The van der Waals surface area contributed by atoms with Gasteiger partial charge >= 0.3 is 0 Å². The number of carbonyl (C=O) groups excluding carboxylic acids is 1. The minimum atomic E-state index is 0.358. The van der Waals surface area contributed by atoms with Gasteiger partial charge < -0.3 is 4.90 Å². The summed E-state index contributed by atoms with van der Waals surface area (Å²) in [7, 11) is 1.99. The highest BCUT2D eigenvalue weighted by atomic mass is 16.2. The summed E-state index contributed by atoms with van der Waals surface area (Å²) in [6.45, 7) is 5.51. The number of hydrogen-bond acceptors (Lipinski definition) is 1. The average molecular weight is 410 g/mol. The van der Waals surface area contributed by atoms with Crippen molar-refractivity contribution in [2.75, 3.05) is 13.6 Å². The van der Waals surface area contributed by atoms with Crippen LogP contribution in [0.3, 0.4) is 0 Å². The third kappa shape index (κ3) is 22.0. The van der Waals surface area contributed by atoms with Gasteiger partial charge in [-0.15, -0.1) is 0 Å². The number of carbonyl (C=O) groups is 1. The number of hydrogen-bond donors (Lipinski definition) is 0. The van der Waals surface area contributed by atoms with Crippen LogP contribution in [0.5, 0.6) is 0 Å². The third-order valence-corrected chi connectivity index (χ3v) is 6.27. The largest absolute Gasteiger partial charge is 0.346 e. The third-order valence-electron chi connectivity index (χ3n) is 6.27. The van der Waals surface area contributed by atoms with Gasteiger partial charge in [0.25, 0.3) is 0 Å². The number of unbranched alkanes of at least 4 members (excludes halogenated alkanes) is 19. The normalized spacial score (nSPS) is 11.1. The van der Waals surface area contributed by atoms with Gasteiger partial charge in [0.05, 0.1) is 0 Å². The quantitative estimate of drug-likeness (QED) is 0.154. The van der Waals surface area contributed by atoms with Crippen LogP contribution in [0.4, 0.5) is 0 Å². The predicted octanol–water partition coefficient (Wildman–Crippen LogP) is 9.07. The molecule has 174 valence electrons. The zero-order valence-electron chi connectivity index (χ0n) is 20.6. The van der Waals surface area contributed by atoms with Gasteiger partial charge in [-0.05, 0) is 12.8 Å². The van der Waals surface area contributed by atoms with Crippen molar-refractivity contribution in [2.24, 2.45) is 0 Å². The van der Waals surface area contributed by atoms with Gasteiger partial charge in [0.1, 0.15) is 0 Å². The van der Waals surface area contributed by atoms with Crippen LogP contribution in [-0.4, -0.2) is 24.4 Å². The van der Waals surface area contributed by atoms with Crippen molar-refractivity contribution >= 4 is 5.91 Å². The Morgan fingerprint density at radius 1 is 0.483 bits per heavy atom. The second-order valence-corrected chi connectivity index (χ2v) is 9.28. The Bertz CT molecular complexity index is 328. The van der Waals surface area contributed by atoms with Crippen molar-refractivity contribution in [1.82, 2.24) is 4.90 Å². The summed E-state index contributed by atoms with van der Waals surface area (Å²) >= 11 is 0. The molecule has 0 fully saturated rings. The van der Waals surface area contributed by atoms with Crippen LogP contribution in [0.25, 0.3) is 0 Å². The van der Waals surface area contributed by atoms with E-state index in [1.165, 1.54) is 128 Å². The Morgan fingerprint density at radius 3 is 1.17 bits per heavy atom. The molecular weight excluding hydrogens is 354 g/mol. The highest BCUT2D eigenvalue weighted by Crippen LogP contribution is 2.13. The van der Waals surface area contributed by atoms with E-state index >= 15 is 0 Å². The fourth-order valence-electron chi connectivity index (χ4n) is 4.09. The molecule has 0 radical (unpaired) electrons. The standard InChI is InChI=1S/C27H55NO/c1-4-6-8-10-12-14-16-17-19-21-23-25-27(29)28(3)26-24-22-20-18-15-13-11-9-7-5-2/h4-26H2,1-3H3. The lowest BCUT2D eigenvalue weighted by Crippen LogP contribution is -2.27. The summed E-state index contributed by atoms with van der Waals surface area (Å²) in [6, 6.07) is 0. The van der Waals surface area contributed by atoms with Crippen LogP contribution >= 0.6 is 0 Å². The van der Waals surface area contributed by atoms with Crippen molar-refractivity contribution in [2.45, 2.75) is 155 Å². The topological polar surface area (TPSA) is 20.3 Å². The van der Waals surface area contributed by atoms with E-state index in [0.717, 1.165) is 19.4 Å². The molecule has 2 heteroatoms. The maximum Gasteiger partial charge on any atom is 0.222 e. The summed E-state index contributed by atoms with van der Waals surface area (Å²) in [6.07, 6.45) is 29.1. The van der Waals surface area contributed by atoms with Crippen molar-refractivity contribution in [3.8, 4) is 0 Å². The SMILES string of the molecule is CCCCCCCCCCCCCC(=O)N(C)CCCCCCCCCCCC. The van der Waals surface area contributed by atoms with E-state index in [1.807, 2.05) is 11.9 Å². The summed E-state index contributed by atoms with van der Waals surface area (Å²) in [5.41, 5.74) is 0. The second kappa shape index (κ2) is 23.7. The van der Waals surface area contributed by atoms with Crippen LogP contribution in [-0.2, 0) is 4.79 Å². The second-order valence-electron chi connectivity index (χ2n) is 9.28. The van der Waals surface area contributed by atoms with Gasteiger partial charge in [0.15, 0.2) is 0 Å². The van der Waals surface area contributed by atoms with E-state index in [1.54, 1.807) is 0 Å². The van der Waals surface area contributed by atoms with Crippen LogP contribution < -0.4 is 0 Å². The molecule has 2 nitrogen and oxygen atoms in total. The van der Waals surface area contributed by atoms with Crippen molar-refractivity contribution in [3.63, 3.8) is 0 Å². The lowest BCUT2D eigenvalue weighted by Gasteiger charge is -2.17. The Kier molecular flexibility index (Phi) is 23.3. The molecule has 0 aliphatic carbocycles. The van der Waals surface area contributed by atoms with Crippen LogP contribution in [0.1, 0.15) is 155 Å². The molecule has 0 heterocycles. The molecule has 0 aromatic heterocycles. The van der Waals surface area contributed by atoms with Gasteiger partial charge in [0, 0.05) is 20.0 Å². The van der Waals surface area contributed by atoms with E-state index in [4.69, 9.17) is 0 Å². The summed E-state index contributed by atoms with van der Waals surface area (Å²) in [5, 5.41) is 0. The minimum absolute atomic E-state index is 0.358. The first kappa shape index (κ1) is 28.5. The molecular formula is C27H55NO. The first-order valence-corrected chi connectivity index (χ1v) is 13.5. The Hall–Kier alpha value is -0.530. The Balaban J connectivity index is 3.31. The molecule has 0 bridgehead atoms. The van der Waals surface area contributed by atoms with Crippen LogP contribution in [0.2, 0.25) is 0 Å². The highest BCUT2D eigenvalue weighted by Gasteiger charge is 2.07. The molecule has 0 spiro atoms. The highest BCUT2D eigenvalue weighted by molar-refractivity contribution is 5.75. The van der Waals surface area contributed by atoms with Gasteiger partial charge in [-0.2, -0.15) is 0 Å². The van der Waals surface area contributed by atoms with Crippen molar-refractivity contribution in [3.05, 3.63) is 0 Å². The molecule has 0 saturated heterocycles. The molecule has 29 heavy (non-hydrogen) atoms. The molecule has 0 unspecified atom stereocenters. The van der Waals surface area contributed by atoms with Gasteiger partial charge in [-0.25, -0.2) is 0 Å². The smallest absolute Gasteiger partial charge is 0.222 e. The fraction of sp³-hybridized carbons (Fsp3) is 0.963. The van der Waals surface area contributed by atoms with E-state index in [0.29, 0.717) is 5.91 Å². The lowest BCUT2D eigenvalue weighted by atomic mass is 10.0. The lowest BCUT2D eigenvalue weighted by molar-refractivity contribution is -0.130. The summed E-state index contributed by atoms with van der Waals surface area (Å²) < 4.78 is 0. The maximum atomic E-state index is 12.2. The monoisotopic (exact) mass is 409 g/mol. The molecule has 0 saturated carbocycles. The zero-order valence-corrected chi connectivity index (χ0v) is 20.6. The van der Waals surface area contributed by atoms with Crippen molar-refractivity contribution in [1.29, 1.82) is 0 Å². The van der Waals surface area contributed by atoms with Crippen LogP contribution in [0.15, 0.2) is 0 Å². The molecule has 0 aliphatic heterocycles. The van der Waals surface area contributed by atoms with E-state index < -0.39 is 0 Å². The fourth-order valence-corrected chi connectivity index (χ4v) is 4.09. The molecule has 0 N–H and O–H groups in total.